The molecule has 0 radical (unpaired) electrons. The van der Waals surface area contributed by atoms with Gasteiger partial charge in [-0.25, -0.2) is 0 Å². The molecule has 28 valence electrons. The van der Waals surface area contributed by atoms with E-state index < -0.39 is 0 Å². The second-order valence-corrected chi connectivity index (χ2v) is 0. The fourth-order valence-corrected chi connectivity index (χ4v) is 0. The molecule has 0 nitrogen and oxygen atoms in total. The molecule has 4 heavy (non-hydrogen) atoms. The Morgan fingerprint density at radius 2 is 1.00 bits per heavy atom. The predicted octanol–water partition coefficient (Wildman–Crippen LogP) is -5.00. The summed E-state index contributed by atoms with van der Waals surface area (Å²) in [6.07, 6.45) is 0. The molecule has 0 unspecified atom stereocenters. The summed E-state index contributed by atoms with van der Waals surface area (Å²) in [5.74, 6) is 0. The molecule has 0 saturated heterocycles. The maximum absolute atomic E-state index is 0. The van der Waals surface area contributed by atoms with Gasteiger partial charge in [-0.2, -0.15) is 0 Å². The Hall–Kier alpha value is 2.85. The van der Waals surface area contributed by atoms with Gasteiger partial charge in [-0.3, -0.25) is 0 Å². The van der Waals surface area contributed by atoms with Crippen molar-refractivity contribution in [1.29, 1.82) is 0 Å². The Morgan fingerprint density at radius 3 is 1.00 bits per heavy atom. The number of hydrogen-bond donors (Lipinski definition) is 0. The number of rotatable bonds is 0. The third-order valence-corrected chi connectivity index (χ3v) is 0. The molecule has 0 rings (SSSR count). The molecular formula is H13AlBiGaSn. The average Bonchev–Trinajstić information content (AvgIpc) is 0. The van der Waals surface area contributed by atoms with Crippen LogP contribution in [0.1, 0.15) is 0 Å². The third kappa shape index (κ3) is 8.85. The van der Waals surface area contributed by atoms with Gasteiger partial charge in [-0.1, -0.05) is 0 Å². The molecule has 0 aromatic rings. The third-order valence-electron chi connectivity index (χ3n) is 0. The van der Waals surface area contributed by atoms with Crippen molar-refractivity contribution in [3.05, 3.63) is 0 Å². The second-order valence-electron chi connectivity index (χ2n) is 0. The van der Waals surface area contributed by atoms with Crippen LogP contribution in [0.25, 0.3) is 0 Å². The van der Waals surface area contributed by atoms with Crippen molar-refractivity contribution in [2.75, 3.05) is 0 Å². The minimum atomic E-state index is 0. The van der Waals surface area contributed by atoms with Crippen molar-refractivity contribution in [2.45, 2.75) is 0 Å². The standard InChI is InChI=1S/Al.Bi.Ga.Sn.13H. The average molecular weight is 438 g/mol. The Labute approximate surface area is 85.7 Å². The summed E-state index contributed by atoms with van der Waals surface area (Å²) in [6.45, 7) is 0. The molecule has 0 saturated carbocycles. The molecule has 0 aliphatic carbocycles. The van der Waals surface area contributed by atoms with E-state index in [2.05, 4.69) is 0 Å². The predicted molar refractivity (Wildman–Crippen MR) is 41.2 cm³/mol. The van der Waals surface area contributed by atoms with E-state index in [1.165, 1.54) is 0 Å². The van der Waals surface area contributed by atoms with Crippen LogP contribution in [-0.4, -0.2) is 87.3 Å². The van der Waals surface area contributed by atoms with E-state index in [0.29, 0.717) is 0 Å². The quantitative estimate of drug-likeness (QED) is 0.333. The van der Waals surface area contributed by atoms with E-state index in [1.807, 2.05) is 0 Å². The Morgan fingerprint density at radius 1 is 1.00 bits per heavy atom. The van der Waals surface area contributed by atoms with Crippen LogP contribution in [0.15, 0.2) is 0 Å². The molecule has 0 spiro atoms. The molecule has 0 aliphatic heterocycles. The molecule has 0 aromatic carbocycles. The van der Waals surface area contributed by atoms with Crippen LogP contribution < -0.4 is 0 Å². The summed E-state index contributed by atoms with van der Waals surface area (Å²) in [6, 6.07) is 0. The van der Waals surface area contributed by atoms with Crippen molar-refractivity contribution in [3.8, 4) is 0 Å². The van der Waals surface area contributed by atoms with Gasteiger partial charge in [-0.15, -0.1) is 0 Å². The summed E-state index contributed by atoms with van der Waals surface area (Å²) < 4.78 is 0. The van der Waals surface area contributed by atoms with E-state index >= 15 is 0 Å². The van der Waals surface area contributed by atoms with Crippen LogP contribution in [0.2, 0.25) is 0 Å². The molecule has 0 aromatic heterocycles. The minimum absolute atomic E-state index is 0. The summed E-state index contributed by atoms with van der Waals surface area (Å²) >= 11 is 0. The summed E-state index contributed by atoms with van der Waals surface area (Å²) in [7, 11) is 0. The fraction of sp³-hybridized carbons (Fsp3) is 0. The van der Waals surface area contributed by atoms with Crippen LogP contribution in [0, 0.1) is 0 Å². The molecule has 0 bridgehead atoms. The van der Waals surface area contributed by atoms with E-state index in [9.17, 15) is 0 Å². The first-order chi connectivity index (χ1) is 0. The van der Waals surface area contributed by atoms with E-state index in [4.69, 9.17) is 0 Å². The van der Waals surface area contributed by atoms with Gasteiger partial charge in [0.25, 0.3) is 0 Å². The zero-order valence-corrected chi connectivity index (χ0v) is 6.20. The Kier molecular flexibility index (Phi) is 122. The molecule has 0 aliphatic rings. The van der Waals surface area contributed by atoms with Gasteiger partial charge in [0.15, 0.2) is 17.4 Å². The summed E-state index contributed by atoms with van der Waals surface area (Å²) in [5.41, 5.74) is 0. The fourth-order valence-electron chi connectivity index (χ4n) is 0. The van der Waals surface area contributed by atoms with Crippen molar-refractivity contribution >= 4 is 87.3 Å². The van der Waals surface area contributed by atoms with Crippen LogP contribution in [0.3, 0.4) is 0 Å². The SMILES string of the molecule is [AlH3].[BiH3].[GaH3].[SnH4]. The van der Waals surface area contributed by atoms with Crippen molar-refractivity contribution < 1.29 is 0 Å². The Balaban J connectivity index is 0. The van der Waals surface area contributed by atoms with E-state index in [0.717, 1.165) is 0 Å². The number of hydrogen-bond acceptors (Lipinski definition) is 0. The van der Waals surface area contributed by atoms with Gasteiger partial charge in [0.05, 0.1) is 0 Å². The van der Waals surface area contributed by atoms with Gasteiger partial charge in [0.1, 0.15) is 0 Å². The van der Waals surface area contributed by atoms with Gasteiger partial charge in [0, 0.05) is 0 Å². The maximum atomic E-state index is 0. The van der Waals surface area contributed by atoms with Gasteiger partial charge in [0.2, 0.25) is 0 Å². The first-order valence-corrected chi connectivity index (χ1v) is 0. The second kappa shape index (κ2) is 16.9. The molecule has 0 N–H and O–H groups in total. The summed E-state index contributed by atoms with van der Waals surface area (Å²) in [4.78, 5) is 0. The van der Waals surface area contributed by atoms with E-state index in [-0.39, 0.29) is 87.3 Å². The van der Waals surface area contributed by atoms with Crippen molar-refractivity contribution in [2.24, 2.45) is 0 Å². The van der Waals surface area contributed by atoms with E-state index in [1.54, 1.807) is 0 Å². The zero-order valence-electron chi connectivity index (χ0n) is 0.707. The summed E-state index contributed by atoms with van der Waals surface area (Å²) in [5, 5.41) is 0. The van der Waals surface area contributed by atoms with Gasteiger partial charge < -0.3 is 0 Å². The zero-order chi connectivity index (χ0) is 0. The van der Waals surface area contributed by atoms with Crippen LogP contribution in [0.5, 0.6) is 0 Å². The molecule has 0 heterocycles. The molecule has 0 amide bonds. The molecule has 0 atom stereocenters. The molecule has 4 heteroatoms. The van der Waals surface area contributed by atoms with Gasteiger partial charge >= 0.3 is 69.9 Å². The monoisotopic (exact) mass is 438 g/mol. The first kappa shape index (κ1) is 28.9. The Bertz CT molecular complexity index is 8.00. The molecular weight excluding hydrogens is 424 g/mol. The van der Waals surface area contributed by atoms with Crippen LogP contribution in [-0.2, 0) is 0 Å². The van der Waals surface area contributed by atoms with Crippen LogP contribution >= 0.6 is 0 Å². The molecule has 0 fully saturated rings. The normalized spacial score (nSPS) is 0. The van der Waals surface area contributed by atoms with Crippen LogP contribution in [0.4, 0.5) is 0 Å². The van der Waals surface area contributed by atoms with Crippen molar-refractivity contribution in [3.63, 3.8) is 0 Å². The topological polar surface area (TPSA) is 0 Å². The first-order valence-electron chi connectivity index (χ1n) is 0. The van der Waals surface area contributed by atoms with Gasteiger partial charge in [-0.05, 0) is 0 Å². The van der Waals surface area contributed by atoms with Crippen molar-refractivity contribution in [1.82, 2.24) is 0 Å².